The average molecular weight is 288 g/mol. The van der Waals surface area contributed by atoms with Crippen LogP contribution in [-0.4, -0.2) is 38.8 Å². The second-order valence-corrected chi connectivity index (χ2v) is 5.84. The molecule has 5 nitrogen and oxygen atoms in total. The van der Waals surface area contributed by atoms with E-state index in [1.807, 2.05) is 24.8 Å². The van der Waals surface area contributed by atoms with Crippen molar-refractivity contribution in [3.8, 4) is 0 Å². The van der Waals surface area contributed by atoms with Gasteiger partial charge in [0, 0.05) is 35.8 Å². The van der Waals surface area contributed by atoms with Crippen molar-refractivity contribution in [2.24, 2.45) is 0 Å². The third kappa shape index (κ3) is 2.56. The van der Waals surface area contributed by atoms with Gasteiger partial charge in [-0.1, -0.05) is 0 Å². The smallest absolute Gasteiger partial charge is 0.273 e. The maximum absolute atomic E-state index is 12.2. The molecule has 0 saturated carbocycles. The van der Waals surface area contributed by atoms with E-state index in [1.165, 1.54) is 11.3 Å². The highest BCUT2D eigenvalue weighted by Crippen LogP contribution is 2.26. The second kappa shape index (κ2) is 5.28. The topological polar surface area (TPSA) is 59.0 Å². The summed E-state index contributed by atoms with van der Waals surface area (Å²) in [6, 6.07) is 1.97. The molecule has 3 heterocycles. The van der Waals surface area contributed by atoms with Crippen molar-refractivity contribution >= 4 is 17.2 Å². The van der Waals surface area contributed by atoms with Crippen molar-refractivity contribution in [2.75, 3.05) is 13.1 Å². The summed E-state index contributed by atoms with van der Waals surface area (Å²) in [5.41, 5.74) is 4.19. The number of hydrogen-bond acceptors (Lipinski definition) is 5. The molecule has 1 saturated heterocycles. The lowest BCUT2D eigenvalue weighted by Gasteiger charge is -2.15. The van der Waals surface area contributed by atoms with E-state index in [1.54, 1.807) is 10.9 Å². The SMILES string of the molecule is Cc1cc(C)nc([C@H]2CCN(C(=O)c3cscn3)C2)n1. The number of aryl methyl sites for hydroxylation is 2. The van der Waals surface area contributed by atoms with Gasteiger partial charge in [0.1, 0.15) is 11.5 Å². The zero-order chi connectivity index (χ0) is 14.1. The maximum Gasteiger partial charge on any atom is 0.273 e. The van der Waals surface area contributed by atoms with Crippen molar-refractivity contribution in [3.05, 3.63) is 39.9 Å². The second-order valence-electron chi connectivity index (χ2n) is 5.12. The summed E-state index contributed by atoms with van der Waals surface area (Å²) in [5.74, 6) is 1.10. The molecular formula is C14H16N4OS. The number of carbonyl (C=O) groups excluding carboxylic acids is 1. The molecule has 0 unspecified atom stereocenters. The number of likely N-dealkylation sites (tertiary alicyclic amines) is 1. The Morgan fingerprint density at radius 1 is 1.35 bits per heavy atom. The summed E-state index contributed by atoms with van der Waals surface area (Å²) < 4.78 is 0. The summed E-state index contributed by atoms with van der Waals surface area (Å²) in [4.78, 5) is 27.2. The van der Waals surface area contributed by atoms with Gasteiger partial charge in [-0.2, -0.15) is 0 Å². The van der Waals surface area contributed by atoms with E-state index in [4.69, 9.17) is 0 Å². The van der Waals surface area contributed by atoms with Crippen LogP contribution < -0.4 is 0 Å². The molecule has 1 atom stereocenters. The van der Waals surface area contributed by atoms with Crippen LogP contribution in [0.25, 0.3) is 0 Å². The Hall–Kier alpha value is -1.82. The van der Waals surface area contributed by atoms with Gasteiger partial charge in [-0.05, 0) is 26.3 Å². The molecule has 0 bridgehead atoms. The van der Waals surface area contributed by atoms with E-state index in [2.05, 4.69) is 15.0 Å². The highest BCUT2D eigenvalue weighted by Gasteiger charge is 2.30. The average Bonchev–Trinajstić information content (AvgIpc) is 3.09. The van der Waals surface area contributed by atoms with Crippen LogP contribution in [0.5, 0.6) is 0 Å². The van der Waals surface area contributed by atoms with Crippen molar-refractivity contribution in [1.29, 1.82) is 0 Å². The van der Waals surface area contributed by atoms with Crippen LogP contribution in [-0.2, 0) is 0 Å². The highest BCUT2D eigenvalue weighted by atomic mass is 32.1. The number of amides is 1. The largest absolute Gasteiger partial charge is 0.337 e. The Morgan fingerprint density at radius 3 is 2.75 bits per heavy atom. The molecular weight excluding hydrogens is 272 g/mol. The summed E-state index contributed by atoms with van der Waals surface area (Å²) >= 11 is 1.44. The normalized spacial score (nSPS) is 18.5. The monoisotopic (exact) mass is 288 g/mol. The van der Waals surface area contributed by atoms with Gasteiger partial charge in [-0.3, -0.25) is 4.79 Å². The zero-order valence-electron chi connectivity index (χ0n) is 11.5. The summed E-state index contributed by atoms with van der Waals surface area (Å²) in [7, 11) is 0. The van der Waals surface area contributed by atoms with E-state index in [9.17, 15) is 4.79 Å². The summed E-state index contributed by atoms with van der Waals surface area (Å²) in [5, 5.41) is 1.79. The molecule has 104 valence electrons. The molecule has 0 N–H and O–H groups in total. The third-order valence-electron chi connectivity index (χ3n) is 3.49. The van der Waals surface area contributed by atoms with E-state index in [0.29, 0.717) is 12.2 Å². The number of aromatic nitrogens is 3. The quantitative estimate of drug-likeness (QED) is 0.850. The van der Waals surface area contributed by atoms with Crippen LogP contribution >= 0.6 is 11.3 Å². The molecule has 1 aliphatic rings. The molecule has 0 aromatic carbocycles. The molecule has 0 aliphatic carbocycles. The standard InChI is InChI=1S/C14H16N4OS/c1-9-5-10(2)17-13(16-9)11-3-4-18(6-11)14(19)12-7-20-8-15-12/h5,7-8,11H,3-4,6H2,1-2H3/t11-/m0/s1. The predicted octanol–water partition coefficient (Wildman–Crippen LogP) is 2.18. The van der Waals surface area contributed by atoms with Crippen LogP contribution in [0.1, 0.15) is 40.0 Å². The first-order chi connectivity index (χ1) is 9.63. The molecule has 2 aromatic rings. The molecule has 0 radical (unpaired) electrons. The van der Waals surface area contributed by atoms with Crippen LogP contribution in [0.3, 0.4) is 0 Å². The van der Waals surface area contributed by atoms with Crippen molar-refractivity contribution in [2.45, 2.75) is 26.2 Å². The van der Waals surface area contributed by atoms with Gasteiger partial charge in [0.25, 0.3) is 5.91 Å². The molecule has 1 aliphatic heterocycles. The summed E-state index contributed by atoms with van der Waals surface area (Å²) in [6.07, 6.45) is 0.915. The van der Waals surface area contributed by atoms with Crippen molar-refractivity contribution in [1.82, 2.24) is 19.9 Å². The van der Waals surface area contributed by atoms with Crippen LogP contribution in [0, 0.1) is 13.8 Å². The van der Waals surface area contributed by atoms with Gasteiger partial charge in [0.2, 0.25) is 0 Å². The minimum absolute atomic E-state index is 0.0122. The van der Waals surface area contributed by atoms with E-state index in [0.717, 1.165) is 30.2 Å². The van der Waals surface area contributed by atoms with Gasteiger partial charge < -0.3 is 4.90 Å². The molecule has 1 fully saturated rings. The van der Waals surface area contributed by atoms with Crippen LogP contribution in [0.15, 0.2) is 17.0 Å². The molecule has 6 heteroatoms. The molecule has 1 amide bonds. The number of nitrogens with zero attached hydrogens (tertiary/aromatic N) is 4. The van der Waals surface area contributed by atoms with E-state index in [-0.39, 0.29) is 11.8 Å². The van der Waals surface area contributed by atoms with Gasteiger partial charge in [-0.15, -0.1) is 11.3 Å². The van der Waals surface area contributed by atoms with E-state index < -0.39 is 0 Å². The fourth-order valence-corrected chi connectivity index (χ4v) is 3.10. The number of rotatable bonds is 2. The zero-order valence-corrected chi connectivity index (χ0v) is 12.4. The van der Waals surface area contributed by atoms with Gasteiger partial charge >= 0.3 is 0 Å². The fraction of sp³-hybridized carbons (Fsp3) is 0.429. The molecule has 3 rings (SSSR count). The van der Waals surface area contributed by atoms with Gasteiger partial charge in [0.15, 0.2) is 0 Å². The predicted molar refractivity (Wildman–Crippen MR) is 76.9 cm³/mol. The maximum atomic E-state index is 12.2. The molecule has 0 spiro atoms. The van der Waals surface area contributed by atoms with Crippen molar-refractivity contribution in [3.63, 3.8) is 0 Å². The van der Waals surface area contributed by atoms with Crippen LogP contribution in [0.4, 0.5) is 0 Å². The Morgan fingerprint density at radius 2 is 2.10 bits per heavy atom. The lowest BCUT2D eigenvalue weighted by molar-refractivity contribution is 0.0785. The first-order valence-corrected chi connectivity index (χ1v) is 7.57. The number of hydrogen-bond donors (Lipinski definition) is 0. The van der Waals surface area contributed by atoms with Crippen LogP contribution in [0.2, 0.25) is 0 Å². The Kier molecular flexibility index (Phi) is 3.48. The molecule has 20 heavy (non-hydrogen) atoms. The number of carbonyl (C=O) groups is 1. The minimum atomic E-state index is 0.0122. The highest BCUT2D eigenvalue weighted by molar-refractivity contribution is 7.07. The Bertz CT molecular complexity index is 606. The Labute approximate surface area is 121 Å². The summed E-state index contributed by atoms with van der Waals surface area (Å²) in [6.45, 7) is 5.38. The fourth-order valence-electron chi connectivity index (χ4n) is 2.57. The third-order valence-corrected chi connectivity index (χ3v) is 4.08. The minimum Gasteiger partial charge on any atom is -0.337 e. The number of thiazole rings is 1. The first kappa shape index (κ1) is 13.2. The first-order valence-electron chi connectivity index (χ1n) is 6.63. The molecule has 2 aromatic heterocycles. The lowest BCUT2D eigenvalue weighted by Crippen LogP contribution is -2.28. The Balaban J connectivity index is 1.75. The van der Waals surface area contributed by atoms with Gasteiger partial charge in [-0.25, -0.2) is 15.0 Å². The van der Waals surface area contributed by atoms with E-state index >= 15 is 0 Å². The van der Waals surface area contributed by atoms with Gasteiger partial charge in [0.05, 0.1) is 5.51 Å². The van der Waals surface area contributed by atoms with Crippen molar-refractivity contribution < 1.29 is 4.79 Å². The lowest BCUT2D eigenvalue weighted by atomic mass is 10.1.